The molecule has 132 valence electrons. The Bertz CT molecular complexity index is 407. The van der Waals surface area contributed by atoms with E-state index in [2.05, 4.69) is 27.7 Å². The third-order valence-electron chi connectivity index (χ3n) is 6.17. The molecule has 0 aliphatic heterocycles. The molecule has 2 saturated carbocycles. The van der Waals surface area contributed by atoms with Crippen LogP contribution in [0.25, 0.3) is 0 Å². The van der Waals surface area contributed by atoms with Gasteiger partial charge in [-0.05, 0) is 49.4 Å². The van der Waals surface area contributed by atoms with E-state index in [0.717, 1.165) is 32.1 Å². The molecule has 0 spiro atoms. The van der Waals surface area contributed by atoms with Crippen LogP contribution in [0.5, 0.6) is 0 Å². The summed E-state index contributed by atoms with van der Waals surface area (Å²) < 4.78 is 11.0. The summed E-state index contributed by atoms with van der Waals surface area (Å²) in [5.74, 6) is 0.779. The van der Waals surface area contributed by atoms with Crippen LogP contribution in [0.3, 0.4) is 0 Å². The second-order valence-electron chi connectivity index (χ2n) is 7.47. The Balaban J connectivity index is 2.15. The summed E-state index contributed by atoms with van der Waals surface area (Å²) >= 11 is 0. The van der Waals surface area contributed by atoms with Gasteiger partial charge in [-0.2, -0.15) is 0 Å². The van der Waals surface area contributed by atoms with Crippen molar-refractivity contribution in [2.45, 2.75) is 66.2 Å². The maximum atomic E-state index is 12.8. The molecule has 2 rings (SSSR count). The van der Waals surface area contributed by atoms with Gasteiger partial charge in [0.05, 0.1) is 13.2 Å². The monoisotopic (exact) mass is 324 g/mol. The predicted octanol–water partition coefficient (Wildman–Crippen LogP) is 3.97. The molecule has 0 radical (unpaired) electrons. The summed E-state index contributed by atoms with van der Waals surface area (Å²) in [5, 5.41) is 0. The molecule has 23 heavy (non-hydrogen) atoms. The van der Waals surface area contributed by atoms with Crippen molar-refractivity contribution in [1.82, 2.24) is 0 Å². The fourth-order valence-electron chi connectivity index (χ4n) is 4.46. The summed E-state index contributed by atoms with van der Waals surface area (Å²) in [6.45, 7) is 9.33. The molecule has 0 aromatic heterocycles. The van der Waals surface area contributed by atoms with Gasteiger partial charge < -0.3 is 9.47 Å². The Morgan fingerprint density at radius 3 is 1.87 bits per heavy atom. The van der Waals surface area contributed by atoms with Gasteiger partial charge in [0.2, 0.25) is 0 Å². The highest BCUT2D eigenvalue weighted by atomic mass is 16.6. The highest BCUT2D eigenvalue weighted by Gasteiger charge is 2.66. The van der Waals surface area contributed by atoms with Crippen molar-refractivity contribution in [3.05, 3.63) is 0 Å². The number of hydrogen-bond acceptors (Lipinski definition) is 4. The van der Waals surface area contributed by atoms with Gasteiger partial charge in [0.25, 0.3) is 0 Å². The van der Waals surface area contributed by atoms with Crippen LogP contribution in [0.15, 0.2) is 0 Å². The zero-order chi connectivity index (χ0) is 17.0. The van der Waals surface area contributed by atoms with Crippen LogP contribution in [0.1, 0.15) is 66.2 Å². The van der Waals surface area contributed by atoms with Gasteiger partial charge in [0.15, 0.2) is 5.41 Å². The van der Waals surface area contributed by atoms with Gasteiger partial charge in [-0.25, -0.2) is 0 Å². The van der Waals surface area contributed by atoms with Crippen LogP contribution >= 0.6 is 0 Å². The first kappa shape index (κ1) is 18.3. The van der Waals surface area contributed by atoms with Crippen molar-refractivity contribution < 1.29 is 19.1 Å². The quantitative estimate of drug-likeness (QED) is 0.385. The molecule has 4 unspecified atom stereocenters. The molecule has 4 heteroatoms. The molecule has 0 N–H and O–H groups in total. The third-order valence-corrected chi connectivity index (χ3v) is 6.17. The molecule has 2 bridgehead atoms. The molecular weight excluding hydrogens is 292 g/mol. The summed E-state index contributed by atoms with van der Waals surface area (Å²) in [7, 11) is 0. The first-order valence-corrected chi connectivity index (χ1v) is 9.33. The average molecular weight is 324 g/mol. The molecule has 0 heterocycles. The smallest absolute Gasteiger partial charge is 0.323 e. The minimum Gasteiger partial charge on any atom is -0.465 e. The summed E-state index contributed by atoms with van der Waals surface area (Å²) in [5.41, 5.74) is -1.04. The third kappa shape index (κ3) is 3.27. The van der Waals surface area contributed by atoms with E-state index < -0.39 is 5.41 Å². The largest absolute Gasteiger partial charge is 0.465 e. The minimum absolute atomic E-state index is 0.0748. The van der Waals surface area contributed by atoms with Gasteiger partial charge in [-0.1, -0.05) is 40.5 Å². The molecule has 0 aromatic rings. The zero-order valence-electron chi connectivity index (χ0n) is 15.1. The van der Waals surface area contributed by atoms with Crippen molar-refractivity contribution >= 4 is 11.9 Å². The number of ether oxygens (including phenoxy) is 2. The molecule has 0 saturated heterocycles. The van der Waals surface area contributed by atoms with Gasteiger partial charge in [-0.15, -0.1) is 0 Å². The van der Waals surface area contributed by atoms with Gasteiger partial charge >= 0.3 is 11.9 Å². The fourth-order valence-corrected chi connectivity index (χ4v) is 4.46. The van der Waals surface area contributed by atoms with E-state index >= 15 is 0 Å². The number of carbonyl (C=O) groups excluding carboxylic acids is 2. The van der Waals surface area contributed by atoms with Crippen molar-refractivity contribution in [2.24, 2.45) is 29.1 Å². The normalized spacial score (nSPS) is 31.1. The van der Waals surface area contributed by atoms with E-state index in [1.165, 1.54) is 0 Å². The topological polar surface area (TPSA) is 52.6 Å². The average Bonchev–Trinajstić information content (AvgIpc) is 3.06. The van der Waals surface area contributed by atoms with Crippen LogP contribution in [0.4, 0.5) is 0 Å². The summed E-state index contributed by atoms with van der Waals surface area (Å²) in [4.78, 5) is 25.7. The zero-order valence-corrected chi connectivity index (χ0v) is 15.1. The second-order valence-corrected chi connectivity index (χ2v) is 7.47. The molecule has 2 aliphatic carbocycles. The number of carbonyl (C=O) groups is 2. The van der Waals surface area contributed by atoms with Crippen molar-refractivity contribution in [2.75, 3.05) is 13.2 Å². The van der Waals surface area contributed by atoms with Crippen molar-refractivity contribution in [3.8, 4) is 0 Å². The maximum absolute atomic E-state index is 12.8. The minimum atomic E-state index is -1.04. The molecule has 4 nitrogen and oxygen atoms in total. The SMILES string of the molecule is CCCCOC(=O)C1(C(=O)OCCCC)CC2CC1C(C)C2C. The fraction of sp³-hybridized carbons (Fsp3) is 0.895. The first-order valence-electron chi connectivity index (χ1n) is 9.33. The Kier molecular flexibility index (Phi) is 6.10. The highest BCUT2D eigenvalue weighted by Crippen LogP contribution is 2.62. The van der Waals surface area contributed by atoms with Crippen LogP contribution in [0.2, 0.25) is 0 Å². The lowest BCUT2D eigenvalue weighted by Crippen LogP contribution is -2.49. The Morgan fingerprint density at radius 2 is 1.48 bits per heavy atom. The lowest BCUT2D eigenvalue weighted by Gasteiger charge is -2.38. The van der Waals surface area contributed by atoms with Gasteiger partial charge in [0.1, 0.15) is 0 Å². The maximum Gasteiger partial charge on any atom is 0.323 e. The molecule has 4 atom stereocenters. The van der Waals surface area contributed by atoms with E-state index in [1.807, 2.05) is 0 Å². The number of rotatable bonds is 8. The highest BCUT2D eigenvalue weighted by molar-refractivity contribution is 6.01. The van der Waals surface area contributed by atoms with Crippen molar-refractivity contribution in [1.29, 1.82) is 0 Å². The molecular formula is C19H32O4. The van der Waals surface area contributed by atoms with Crippen LogP contribution in [-0.4, -0.2) is 25.2 Å². The molecule has 2 fully saturated rings. The number of unbranched alkanes of at least 4 members (excludes halogenated alkanes) is 2. The van der Waals surface area contributed by atoms with E-state index in [0.29, 0.717) is 37.4 Å². The van der Waals surface area contributed by atoms with Gasteiger partial charge in [-0.3, -0.25) is 9.59 Å². The van der Waals surface area contributed by atoms with E-state index in [-0.39, 0.29) is 17.9 Å². The summed E-state index contributed by atoms with van der Waals surface area (Å²) in [6, 6.07) is 0. The van der Waals surface area contributed by atoms with E-state index in [4.69, 9.17) is 9.47 Å². The molecule has 0 amide bonds. The standard InChI is InChI=1S/C19H32O4/c1-5-7-9-22-17(20)19(18(21)23-10-8-6-2)12-15-11-16(19)14(4)13(15)3/h13-16H,5-12H2,1-4H3. The van der Waals surface area contributed by atoms with Gasteiger partial charge in [0, 0.05) is 0 Å². The number of hydrogen-bond donors (Lipinski definition) is 0. The lowest BCUT2D eigenvalue weighted by molar-refractivity contribution is -0.179. The van der Waals surface area contributed by atoms with Crippen molar-refractivity contribution in [3.63, 3.8) is 0 Å². The number of esters is 2. The van der Waals surface area contributed by atoms with Crippen LogP contribution in [-0.2, 0) is 19.1 Å². The summed E-state index contributed by atoms with van der Waals surface area (Å²) in [6.07, 6.45) is 5.19. The first-order chi connectivity index (χ1) is 11.0. The van der Waals surface area contributed by atoms with E-state index in [9.17, 15) is 9.59 Å². The van der Waals surface area contributed by atoms with E-state index in [1.54, 1.807) is 0 Å². The van der Waals surface area contributed by atoms with Crippen LogP contribution < -0.4 is 0 Å². The second kappa shape index (κ2) is 7.67. The Hall–Kier alpha value is -1.06. The van der Waals surface area contributed by atoms with Crippen LogP contribution in [0, 0.1) is 29.1 Å². The molecule has 2 aliphatic rings. The Labute approximate surface area is 140 Å². The lowest BCUT2D eigenvalue weighted by atomic mass is 9.65. The molecule has 0 aromatic carbocycles. The number of fused-ring (bicyclic) bond motifs is 2. The Morgan fingerprint density at radius 1 is 0.957 bits per heavy atom. The predicted molar refractivity (Wildman–Crippen MR) is 88.7 cm³/mol.